The number of dihydropyridines is 1. The van der Waals surface area contributed by atoms with Gasteiger partial charge in [0.1, 0.15) is 0 Å². The molecule has 1 unspecified atom stereocenters. The van der Waals surface area contributed by atoms with Gasteiger partial charge >= 0.3 is 0 Å². The lowest BCUT2D eigenvalue weighted by molar-refractivity contribution is 0.192. The van der Waals surface area contributed by atoms with E-state index in [1.165, 1.54) is 0 Å². The molecule has 0 aromatic rings. The molecular weight excluding hydrogens is 188 g/mol. The van der Waals surface area contributed by atoms with Crippen molar-refractivity contribution in [3.8, 4) is 0 Å². The first kappa shape index (κ1) is 12.2. The first-order chi connectivity index (χ1) is 7.22. The van der Waals surface area contributed by atoms with Crippen molar-refractivity contribution in [1.82, 2.24) is 0 Å². The van der Waals surface area contributed by atoms with E-state index in [9.17, 15) is 0 Å². The topological polar surface area (TPSA) is 47.6 Å². The number of hydrogen-bond donors (Lipinski definition) is 1. The van der Waals surface area contributed by atoms with Crippen molar-refractivity contribution in [3.63, 3.8) is 0 Å². The molecule has 0 aromatic heterocycles. The maximum Gasteiger partial charge on any atom is 0.0998 e. The minimum absolute atomic E-state index is 0.369. The zero-order chi connectivity index (χ0) is 11.1. The maximum atomic E-state index is 5.71. The third-order valence-electron chi connectivity index (χ3n) is 2.43. The third-order valence-corrected chi connectivity index (χ3v) is 2.43. The zero-order valence-electron chi connectivity index (χ0n) is 9.83. The number of nitrogens with two attached hydrogens (primary N) is 1. The van der Waals surface area contributed by atoms with Crippen LogP contribution in [0.4, 0.5) is 0 Å². The summed E-state index contributed by atoms with van der Waals surface area (Å²) in [5, 5.41) is 0. The lowest BCUT2D eigenvalue weighted by atomic mass is 10.1. The molecule has 0 aromatic carbocycles. The average Bonchev–Trinajstić information content (AvgIpc) is 2.16. The van der Waals surface area contributed by atoms with Gasteiger partial charge in [0.05, 0.1) is 18.4 Å². The Morgan fingerprint density at radius 2 is 2.27 bits per heavy atom. The van der Waals surface area contributed by atoms with Crippen molar-refractivity contribution in [2.24, 2.45) is 10.7 Å². The van der Waals surface area contributed by atoms with Crippen LogP contribution in [0.3, 0.4) is 0 Å². The Hall–Kier alpha value is -0.830. The highest BCUT2D eigenvalue weighted by molar-refractivity contribution is 5.93. The average molecular weight is 210 g/mol. The third kappa shape index (κ3) is 4.98. The Balaban J connectivity index is 2.19. The summed E-state index contributed by atoms with van der Waals surface area (Å²) in [7, 11) is 0. The molecule has 1 rings (SSSR count). The van der Waals surface area contributed by atoms with E-state index in [1.807, 2.05) is 13.0 Å². The van der Waals surface area contributed by atoms with Crippen LogP contribution in [-0.2, 0) is 4.74 Å². The fraction of sp³-hybridized carbons (Fsp3) is 0.750. The number of rotatable bonds is 6. The van der Waals surface area contributed by atoms with Gasteiger partial charge in [-0.05, 0) is 45.7 Å². The van der Waals surface area contributed by atoms with E-state index >= 15 is 0 Å². The number of nitrogens with zero attached hydrogens (tertiary/aromatic N) is 1. The summed E-state index contributed by atoms with van der Waals surface area (Å²) in [6, 6.07) is 0.369. The summed E-state index contributed by atoms with van der Waals surface area (Å²) in [5.74, 6) is 1.09. The van der Waals surface area contributed by atoms with Crippen molar-refractivity contribution in [1.29, 1.82) is 0 Å². The molecule has 0 saturated heterocycles. The van der Waals surface area contributed by atoms with E-state index in [4.69, 9.17) is 10.5 Å². The molecule has 1 aliphatic heterocycles. The van der Waals surface area contributed by atoms with Crippen LogP contribution in [0.5, 0.6) is 0 Å². The molecule has 0 saturated carbocycles. The first-order valence-corrected chi connectivity index (χ1v) is 5.80. The van der Waals surface area contributed by atoms with Crippen LogP contribution in [0, 0.1) is 0 Å². The standard InChI is InChI=1S/C12H22N2O/c1-10-8-12(9-11(2)14-10)15-7-5-3-4-6-13/h8,11H,3-7,9,13H2,1-2H3. The maximum absolute atomic E-state index is 5.71. The van der Waals surface area contributed by atoms with Crippen molar-refractivity contribution in [2.45, 2.75) is 45.6 Å². The van der Waals surface area contributed by atoms with Crippen molar-refractivity contribution < 1.29 is 4.74 Å². The summed E-state index contributed by atoms with van der Waals surface area (Å²) >= 11 is 0. The second kappa shape index (κ2) is 6.62. The summed E-state index contributed by atoms with van der Waals surface area (Å²) in [6.45, 7) is 5.74. The van der Waals surface area contributed by atoms with Gasteiger partial charge in [-0.2, -0.15) is 0 Å². The van der Waals surface area contributed by atoms with E-state index < -0.39 is 0 Å². The number of ether oxygens (including phenoxy) is 1. The molecule has 0 aliphatic carbocycles. The molecule has 3 nitrogen and oxygen atoms in total. The van der Waals surface area contributed by atoms with Crippen LogP contribution in [0.25, 0.3) is 0 Å². The molecule has 2 N–H and O–H groups in total. The molecule has 0 bridgehead atoms. The molecule has 15 heavy (non-hydrogen) atoms. The first-order valence-electron chi connectivity index (χ1n) is 5.80. The monoisotopic (exact) mass is 210 g/mol. The largest absolute Gasteiger partial charge is 0.498 e. The van der Waals surface area contributed by atoms with E-state index in [1.54, 1.807) is 0 Å². The number of hydrogen-bond acceptors (Lipinski definition) is 3. The predicted molar refractivity (Wildman–Crippen MR) is 64.1 cm³/mol. The lowest BCUT2D eigenvalue weighted by Crippen LogP contribution is -2.12. The highest BCUT2D eigenvalue weighted by Gasteiger charge is 2.11. The van der Waals surface area contributed by atoms with Gasteiger partial charge in [-0.3, -0.25) is 4.99 Å². The van der Waals surface area contributed by atoms with Gasteiger partial charge in [0.15, 0.2) is 0 Å². The van der Waals surface area contributed by atoms with Crippen molar-refractivity contribution >= 4 is 5.71 Å². The Kier molecular flexibility index (Phi) is 5.40. The van der Waals surface area contributed by atoms with E-state index in [0.29, 0.717) is 6.04 Å². The minimum Gasteiger partial charge on any atom is -0.498 e. The van der Waals surface area contributed by atoms with Gasteiger partial charge in [0.25, 0.3) is 0 Å². The summed E-state index contributed by atoms with van der Waals surface area (Å²) < 4.78 is 5.71. The highest BCUT2D eigenvalue weighted by Crippen LogP contribution is 2.16. The van der Waals surface area contributed by atoms with E-state index in [2.05, 4.69) is 11.9 Å². The number of aliphatic imine (C=N–C) groups is 1. The predicted octanol–water partition coefficient (Wildman–Crippen LogP) is 2.27. The molecule has 1 atom stereocenters. The number of unbranched alkanes of at least 4 members (excludes halogenated alkanes) is 2. The van der Waals surface area contributed by atoms with Crippen molar-refractivity contribution in [2.75, 3.05) is 13.2 Å². The van der Waals surface area contributed by atoms with Crippen LogP contribution in [0.15, 0.2) is 16.8 Å². The van der Waals surface area contributed by atoms with Crippen LogP contribution in [-0.4, -0.2) is 24.9 Å². The summed E-state index contributed by atoms with van der Waals surface area (Å²) in [4.78, 5) is 4.43. The Morgan fingerprint density at radius 3 is 2.93 bits per heavy atom. The minimum atomic E-state index is 0.369. The SMILES string of the molecule is CC1=NC(C)CC(OCCCCCN)=C1. The zero-order valence-corrected chi connectivity index (χ0v) is 9.83. The van der Waals surface area contributed by atoms with Gasteiger partial charge in [0.2, 0.25) is 0 Å². The Labute approximate surface area is 92.4 Å². The molecule has 1 aliphatic rings. The fourth-order valence-electron chi connectivity index (χ4n) is 1.74. The van der Waals surface area contributed by atoms with Crippen LogP contribution >= 0.6 is 0 Å². The van der Waals surface area contributed by atoms with Crippen LogP contribution in [0.1, 0.15) is 39.5 Å². The van der Waals surface area contributed by atoms with Gasteiger partial charge in [0, 0.05) is 12.1 Å². The normalized spacial score (nSPS) is 20.9. The lowest BCUT2D eigenvalue weighted by Gasteiger charge is -2.17. The molecule has 0 amide bonds. The number of allylic oxidation sites excluding steroid dienone is 1. The molecule has 3 heteroatoms. The quantitative estimate of drug-likeness (QED) is 0.684. The summed E-state index contributed by atoms with van der Waals surface area (Å²) in [6.07, 6.45) is 6.34. The second-order valence-electron chi connectivity index (χ2n) is 4.13. The molecule has 1 heterocycles. The van der Waals surface area contributed by atoms with E-state index in [-0.39, 0.29) is 0 Å². The van der Waals surface area contributed by atoms with E-state index in [0.717, 1.165) is 50.3 Å². The van der Waals surface area contributed by atoms with Gasteiger partial charge in [-0.1, -0.05) is 0 Å². The highest BCUT2D eigenvalue weighted by atomic mass is 16.5. The van der Waals surface area contributed by atoms with Crippen molar-refractivity contribution in [3.05, 3.63) is 11.8 Å². The van der Waals surface area contributed by atoms with Gasteiger partial charge in [-0.15, -0.1) is 0 Å². The smallest absolute Gasteiger partial charge is 0.0998 e. The Morgan fingerprint density at radius 1 is 1.47 bits per heavy atom. The second-order valence-corrected chi connectivity index (χ2v) is 4.13. The molecule has 0 spiro atoms. The molecular formula is C12H22N2O. The fourth-order valence-corrected chi connectivity index (χ4v) is 1.74. The summed E-state index contributed by atoms with van der Waals surface area (Å²) in [5.41, 5.74) is 6.50. The molecule has 0 fully saturated rings. The van der Waals surface area contributed by atoms with Gasteiger partial charge < -0.3 is 10.5 Å². The van der Waals surface area contributed by atoms with Gasteiger partial charge in [-0.25, -0.2) is 0 Å². The molecule has 0 radical (unpaired) electrons. The van der Waals surface area contributed by atoms with Crippen LogP contribution in [0.2, 0.25) is 0 Å². The van der Waals surface area contributed by atoms with Crippen LogP contribution < -0.4 is 5.73 Å². The molecule has 86 valence electrons. The Bertz CT molecular complexity index is 246.